The zero-order valence-electron chi connectivity index (χ0n) is 20.5. The van der Waals surface area contributed by atoms with Gasteiger partial charge in [-0.2, -0.15) is 0 Å². The molecule has 0 aliphatic heterocycles. The van der Waals surface area contributed by atoms with Gasteiger partial charge in [0.2, 0.25) is 0 Å². The zero-order chi connectivity index (χ0) is 23.4. The minimum atomic E-state index is -0.0920. The largest absolute Gasteiger partial charge is 0.377 e. The van der Waals surface area contributed by atoms with Crippen molar-refractivity contribution < 1.29 is 14.3 Å². The molecule has 31 heavy (non-hydrogen) atoms. The second-order valence-corrected chi connectivity index (χ2v) is 8.88. The van der Waals surface area contributed by atoms with E-state index in [-0.39, 0.29) is 17.7 Å². The highest BCUT2D eigenvalue weighted by atomic mass is 16.5. The Hall–Kier alpha value is -2.26. The Morgan fingerprint density at radius 3 is 2.19 bits per heavy atom. The van der Waals surface area contributed by atoms with Crippen LogP contribution >= 0.6 is 0 Å². The summed E-state index contributed by atoms with van der Waals surface area (Å²) in [4.78, 5) is 23.8. The van der Waals surface area contributed by atoms with Crippen molar-refractivity contribution in [3.63, 3.8) is 0 Å². The number of hydrogen-bond acceptors (Lipinski definition) is 3. The van der Waals surface area contributed by atoms with Crippen molar-refractivity contribution in [2.75, 3.05) is 7.11 Å². The molecule has 0 heterocycles. The van der Waals surface area contributed by atoms with Crippen LogP contribution in [0, 0.1) is 0 Å². The van der Waals surface area contributed by atoms with Gasteiger partial charge in [-0.3, -0.25) is 9.59 Å². The molecule has 0 aromatic carbocycles. The Morgan fingerprint density at radius 1 is 0.903 bits per heavy atom. The molecule has 0 fully saturated rings. The van der Waals surface area contributed by atoms with Crippen LogP contribution in [0.5, 0.6) is 0 Å². The van der Waals surface area contributed by atoms with E-state index < -0.39 is 0 Å². The van der Waals surface area contributed by atoms with Crippen LogP contribution in [0.15, 0.2) is 69.9 Å². The second-order valence-electron chi connectivity index (χ2n) is 8.88. The van der Waals surface area contributed by atoms with Gasteiger partial charge in [-0.25, -0.2) is 0 Å². The van der Waals surface area contributed by atoms with Crippen molar-refractivity contribution in [3.05, 3.63) is 69.9 Å². The molecule has 0 bridgehead atoms. The lowest BCUT2D eigenvalue weighted by Crippen LogP contribution is -2.12. The van der Waals surface area contributed by atoms with Gasteiger partial charge in [0.1, 0.15) is 0 Å². The maximum Gasteiger partial charge on any atom is 0.185 e. The fourth-order valence-electron chi connectivity index (χ4n) is 3.50. The number of Topliss-reactive ketones (excluding diaryl/α,β-unsaturated/α-hetero) is 1. The number of allylic oxidation sites excluding steroid dienone is 10. The van der Waals surface area contributed by atoms with Gasteiger partial charge in [-0.05, 0) is 92.2 Å². The van der Waals surface area contributed by atoms with Crippen LogP contribution in [0.4, 0.5) is 0 Å². The van der Waals surface area contributed by atoms with Gasteiger partial charge in [0, 0.05) is 18.3 Å². The Kier molecular flexibility index (Phi) is 12.0. The summed E-state index contributed by atoms with van der Waals surface area (Å²) < 4.78 is 5.67. The molecule has 0 saturated carbocycles. The number of ether oxygens (including phenoxy) is 1. The number of hydrogen-bond donors (Lipinski definition) is 0. The molecule has 1 aliphatic carbocycles. The highest BCUT2D eigenvalue weighted by molar-refractivity contribution is 6.20. The summed E-state index contributed by atoms with van der Waals surface area (Å²) in [5, 5.41) is 0. The average molecular weight is 425 g/mol. The van der Waals surface area contributed by atoms with Gasteiger partial charge in [-0.15, -0.1) is 0 Å². The maximum absolute atomic E-state index is 12.1. The van der Waals surface area contributed by atoms with Crippen LogP contribution < -0.4 is 0 Å². The molecular weight excluding hydrogens is 384 g/mol. The molecule has 0 saturated heterocycles. The molecule has 3 heteroatoms. The summed E-state index contributed by atoms with van der Waals surface area (Å²) in [7, 11) is 1.77. The molecule has 0 aromatic heterocycles. The van der Waals surface area contributed by atoms with Crippen molar-refractivity contribution in [1.82, 2.24) is 0 Å². The lowest BCUT2D eigenvalue weighted by molar-refractivity contribution is -0.115. The molecule has 1 rings (SSSR count). The van der Waals surface area contributed by atoms with Crippen LogP contribution in [-0.4, -0.2) is 24.8 Å². The van der Waals surface area contributed by atoms with Crippen LogP contribution in [0.3, 0.4) is 0 Å². The number of methoxy groups -OCH3 is 1. The average Bonchev–Trinajstić information content (AvgIpc) is 2.68. The van der Waals surface area contributed by atoms with Gasteiger partial charge in [-0.1, -0.05) is 46.6 Å². The summed E-state index contributed by atoms with van der Waals surface area (Å²) >= 11 is 0. The van der Waals surface area contributed by atoms with Crippen molar-refractivity contribution in [2.24, 2.45) is 0 Å². The SMILES string of the molecule is CO[C@H](/C=C(\C)CCC=C(C)C)C/C(C)=C/CC/C(C)=C/CC1=CC(=O)C=C(C)C1=O. The van der Waals surface area contributed by atoms with Crippen molar-refractivity contribution >= 4 is 11.6 Å². The zero-order valence-corrected chi connectivity index (χ0v) is 20.5. The second kappa shape index (κ2) is 13.9. The molecule has 0 N–H and O–H groups in total. The van der Waals surface area contributed by atoms with E-state index in [1.165, 1.54) is 34.4 Å². The Balaban J connectivity index is 2.51. The quantitative estimate of drug-likeness (QED) is 0.246. The van der Waals surface area contributed by atoms with Crippen molar-refractivity contribution in [2.45, 2.75) is 86.2 Å². The molecule has 0 unspecified atom stereocenters. The van der Waals surface area contributed by atoms with E-state index in [2.05, 4.69) is 58.9 Å². The monoisotopic (exact) mass is 424 g/mol. The van der Waals surface area contributed by atoms with Crippen molar-refractivity contribution in [1.29, 1.82) is 0 Å². The van der Waals surface area contributed by atoms with Crippen LogP contribution in [0.1, 0.15) is 80.1 Å². The number of rotatable bonds is 12. The molecule has 0 spiro atoms. The van der Waals surface area contributed by atoms with E-state index in [0.717, 1.165) is 32.1 Å². The minimum absolute atomic E-state index is 0.0193. The molecule has 0 aromatic rings. The van der Waals surface area contributed by atoms with Crippen LogP contribution in [-0.2, 0) is 14.3 Å². The Labute approximate surface area is 189 Å². The van der Waals surface area contributed by atoms with Gasteiger partial charge < -0.3 is 4.74 Å². The molecule has 0 amide bonds. The first-order chi connectivity index (χ1) is 14.6. The van der Waals surface area contributed by atoms with Crippen LogP contribution in [0.25, 0.3) is 0 Å². The van der Waals surface area contributed by atoms with Crippen molar-refractivity contribution in [3.8, 4) is 0 Å². The van der Waals surface area contributed by atoms with E-state index in [4.69, 9.17) is 4.74 Å². The van der Waals surface area contributed by atoms with E-state index in [1.54, 1.807) is 14.0 Å². The minimum Gasteiger partial charge on any atom is -0.377 e. The van der Waals surface area contributed by atoms with Crippen LogP contribution in [0.2, 0.25) is 0 Å². The fraction of sp³-hybridized carbons (Fsp3) is 0.500. The van der Waals surface area contributed by atoms with Gasteiger partial charge >= 0.3 is 0 Å². The third kappa shape index (κ3) is 11.1. The maximum atomic E-state index is 12.1. The summed E-state index contributed by atoms with van der Waals surface area (Å²) in [6.45, 7) is 12.4. The first-order valence-electron chi connectivity index (χ1n) is 11.2. The number of ketones is 2. The standard InChI is InChI=1S/C28H40O3/c1-20(2)10-8-12-22(4)16-27(31-7)17-23(5)13-9-11-21(3)14-15-25-19-26(29)18-24(6)28(25)30/h10,13-14,16,18-19,27H,8-9,11-12,15,17H2,1-7H3/b21-14+,22-16+,23-13+/t27-/m1/s1. The predicted molar refractivity (Wildman–Crippen MR) is 131 cm³/mol. The summed E-state index contributed by atoms with van der Waals surface area (Å²) in [6.07, 6.45) is 17.3. The smallest absolute Gasteiger partial charge is 0.185 e. The molecule has 1 atom stereocenters. The third-order valence-corrected chi connectivity index (χ3v) is 5.41. The highest BCUT2D eigenvalue weighted by Gasteiger charge is 2.17. The molecular formula is C28H40O3. The summed E-state index contributed by atoms with van der Waals surface area (Å²) in [5.41, 5.74) is 6.40. The number of carbonyl (C=O) groups is 2. The van der Waals surface area contributed by atoms with Gasteiger partial charge in [0.25, 0.3) is 0 Å². The fourth-order valence-corrected chi connectivity index (χ4v) is 3.50. The normalized spacial score (nSPS) is 16.8. The first kappa shape index (κ1) is 26.8. The van der Waals surface area contributed by atoms with Gasteiger partial charge in [0.05, 0.1) is 6.10 Å². The lowest BCUT2D eigenvalue weighted by Gasteiger charge is -2.13. The first-order valence-corrected chi connectivity index (χ1v) is 11.2. The summed E-state index contributed by atoms with van der Waals surface area (Å²) in [5.74, 6) is -0.111. The van der Waals surface area contributed by atoms with E-state index >= 15 is 0 Å². The number of carbonyl (C=O) groups excluding carboxylic acids is 2. The highest BCUT2D eigenvalue weighted by Crippen LogP contribution is 2.19. The van der Waals surface area contributed by atoms with Gasteiger partial charge in [0.15, 0.2) is 11.6 Å². The molecule has 170 valence electrons. The predicted octanol–water partition coefficient (Wildman–Crippen LogP) is 7.17. The third-order valence-electron chi connectivity index (χ3n) is 5.41. The van der Waals surface area contributed by atoms with E-state index in [1.807, 2.05) is 0 Å². The Morgan fingerprint density at radius 2 is 1.55 bits per heavy atom. The molecule has 0 radical (unpaired) electrons. The Bertz CT molecular complexity index is 824. The topological polar surface area (TPSA) is 43.4 Å². The lowest BCUT2D eigenvalue weighted by atomic mass is 9.94. The molecule has 3 nitrogen and oxygen atoms in total. The molecule has 1 aliphatic rings. The van der Waals surface area contributed by atoms with E-state index in [0.29, 0.717) is 17.6 Å². The summed E-state index contributed by atoms with van der Waals surface area (Å²) in [6, 6.07) is 0. The van der Waals surface area contributed by atoms with E-state index in [9.17, 15) is 9.59 Å².